The van der Waals surface area contributed by atoms with E-state index in [9.17, 15) is 9.59 Å². The third kappa shape index (κ3) is 2.92. The fraction of sp³-hybridized carbons (Fsp3) is 0.111. The first-order valence-electron chi connectivity index (χ1n) is 7.40. The molecule has 24 heavy (non-hydrogen) atoms. The molecule has 0 atom stereocenters. The molecular weight excluding hydrogens is 370 g/mol. The van der Waals surface area contributed by atoms with E-state index in [0.717, 1.165) is 10.2 Å². The van der Waals surface area contributed by atoms with Crippen LogP contribution in [0.1, 0.15) is 16.1 Å². The Bertz CT molecular complexity index is 958. The van der Waals surface area contributed by atoms with E-state index >= 15 is 0 Å². The Morgan fingerprint density at radius 1 is 1.08 bits per heavy atom. The van der Waals surface area contributed by atoms with E-state index in [4.69, 9.17) is 0 Å². The molecule has 0 saturated carbocycles. The second kappa shape index (κ2) is 6.49. The molecule has 1 aromatic heterocycles. The molecule has 0 saturated heterocycles. The molecule has 1 amide bonds. The van der Waals surface area contributed by atoms with Crippen LogP contribution in [0.2, 0.25) is 0 Å². The van der Waals surface area contributed by atoms with Crippen molar-refractivity contribution in [2.24, 2.45) is 7.05 Å². The number of anilines is 1. The lowest BCUT2D eigenvalue weighted by molar-refractivity contribution is 0.102. The minimum absolute atomic E-state index is 0.260. The van der Waals surface area contributed by atoms with Crippen molar-refractivity contribution < 1.29 is 4.79 Å². The number of nitrogens with zero attached hydrogens (tertiary/aromatic N) is 2. The molecule has 0 aliphatic rings. The Balaban J connectivity index is 2.01. The lowest BCUT2D eigenvalue weighted by atomic mass is 10.2. The second-order valence-electron chi connectivity index (χ2n) is 5.40. The van der Waals surface area contributed by atoms with Crippen molar-refractivity contribution in [2.75, 3.05) is 5.32 Å². The predicted octanol–water partition coefficient (Wildman–Crippen LogP) is 3.50. The highest BCUT2D eigenvalue weighted by molar-refractivity contribution is 9.10. The minimum Gasteiger partial charge on any atom is -0.316 e. The van der Waals surface area contributed by atoms with Crippen LogP contribution in [0.15, 0.2) is 63.9 Å². The molecule has 0 unspecified atom stereocenters. The van der Waals surface area contributed by atoms with Gasteiger partial charge >= 0.3 is 0 Å². The van der Waals surface area contributed by atoms with Crippen LogP contribution in [0.5, 0.6) is 0 Å². The van der Waals surface area contributed by atoms with Gasteiger partial charge in [0.25, 0.3) is 11.5 Å². The summed E-state index contributed by atoms with van der Waals surface area (Å²) in [7, 11) is 1.79. The summed E-state index contributed by atoms with van der Waals surface area (Å²) in [4.78, 5) is 25.2. The average molecular weight is 386 g/mol. The van der Waals surface area contributed by atoms with E-state index in [0.29, 0.717) is 11.3 Å². The lowest BCUT2D eigenvalue weighted by Crippen LogP contribution is -2.22. The molecule has 5 nitrogen and oxygen atoms in total. The van der Waals surface area contributed by atoms with E-state index in [1.54, 1.807) is 36.9 Å². The standard InChI is InChI=1S/C18H16BrN3O2/c1-12-16(20-17(23)13-7-6-8-14(19)11-13)18(24)22(21(12)2)15-9-4-3-5-10-15/h3-11H,1-2H3,(H,20,23). The first-order valence-corrected chi connectivity index (χ1v) is 8.19. The molecule has 1 N–H and O–H groups in total. The topological polar surface area (TPSA) is 56.0 Å². The van der Waals surface area contributed by atoms with E-state index in [2.05, 4.69) is 21.2 Å². The van der Waals surface area contributed by atoms with Gasteiger partial charge in [-0.3, -0.25) is 14.3 Å². The maximum atomic E-state index is 12.8. The second-order valence-corrected chi connectivity index (χ2v) is 6.32. The molecule has 0 radical (unpaired) electrons. The summed E-state index contributed by atoms with van der Waals surface area (Å²) in [5.41, 5.74) is 1.94. The molecule has 122 valence electrons. The van der Waals surface area contributed by atoms with Crippen molar-refractivity contribution in [3.63, 3.8) is 0 Å². The number of hydrogen-bond donors (Lipinski definition) is 1. The van der Waals surface area contributed by atoms with Gasteiger partial charge in [-0.05, 0) is 37.3 Å². The number of amides is 1. The molecule has 2 aromatic carbocycles. The quantitative estimate of drug-likeness (QED) is 0.749. The van der Waals surface area contributed by atoms with Gasteiger partial charge in [0.05, 0.1) is 11.4 Å². The van der Waals surface area contributed by atoms with Gasteiger partial charge in [-0.1, -0.05) is 40.2 Å². The van der Waals surface area contributed by atoms with Crippen LogP contribution in [0.3, 0.4) is 0 Å². The summed E-state index contributed by atoms with van der Waals surface area (Å²) >= 11 is 3.34. The number of rotatable bonds is 3. The summed E-state index contributed by atoms with van der Waals surface area (Å²) in [5.74, 6) is -0.317. The van der Waals surface area contributed by atoms with E-state index < -0.39 is 0 Å². The van der Waals surface area contributed by atoms with Crippen molar-refractivity contribution in [3.8, 4) is 5.69 Å². The fourth-order valence-electron chi connectivity index (χ4n) is 2.53. The highest BCUT2D eigenvalue weighted by atomic mass is 79.9. The number of carbonyl (C=O) groups is 1. The Labute approximate surface area is 147 Å². The van der Waals surface area contributed by atoms with Gasteiger partial charge in [0.2, 0.25) is 0 Å². The lowest BCUT2D eigenvalue weighted by Gasteiger charge is -2.07. The number of para-hydroxylation sites is 1. The van der Waals surface area contributed by atoms with Crippen molar-refractivity contribution in [1.29, 1.82) is 0 Å². The summed E-state index contributed by atoms with van der Waals surface area (Å²) in [6, 6.07) is 16.3. The molecule has 0 fully saturated rings. The van der Waals surface area contributed by atoms with Gasteiger partial charge in [-0.15, -0.1) is 0 Å². The van der Waals surface area contributed by atoms with E-state index in [1.165, 1.54) is 4.68 Å². The summed E-state index contributed by atoms with van der Waals surface area (Å²) in [6.45, 7) is 1.80. The van der Waals surface area contributed by atoms with Gasteiger partial charge in [-0.2, -0.15) is 0 Å². The summed E-state index contributed by atoms with van der Waals surface area (Å²) < 4.78 is 4.07. The SMILES string of the molecule is Cc1c(NC(=O)c2cccc(Br)c2)c(=O)n(-c2ccccc2)n1C. The summed E-state index contributed by atoms with van der Waals surface area (Å²) in [6.07, 6.45) is 0. The highest BCUT2D eigenvalue weighted by Gasteiger charge is 2.18. The Morgan fingerprint density at radius 2 is 1.79 bits per heavy atom. The molecule has 6 heteroatoms. The van der Waals surface area contributed by atoms with Gasteiger partial charge in [0.1, 0.15) is 5.69 Å². The van der Waals surface area contributed by atoms with Crippen molar-refractivity contribution in [2.45, 2.75) is 6.92 Å². The number of carbonyl (C=O) groups excluding carboxylic acids is 1. The highest BCUT2D eigenvalue weighted by Crippen LogP contribution is 2.16. The van der Waals surface area contributed by atoms with Crippen LogP contribution >= 0.6 is 15.9 Å². The number of nitrogens with one attached hydrogen (secondary N) is 1. The zero-order chi connectivity index (χ0) is 17.3. The van der Waals surface area contributed by atoms with Crippen LogP contribution in [-0.4, -0.2) is 15.3 Å². The zero-order valence-corrected chi connectivity index (χ0v) is 14.9. The van der Waals surface area contributed by atoms with Crippen LogP contribution in [0, 0.1) is 6.92 Å². The molecule has 0 spiro atoms. The smallest absolute Gasteiger partial charge is 0.295 e. The summed E-state index contributed by atoms with van der Waals surface area (Å²) in [5, 5.41) is 2.74. The van der Waals surface area contributed by atoms with Crippen molar-refractivity contribution >= 4 is 27.5 Å². The third-order valence-electron chi connectivity index (χ3n) is 3.88. The van der Waals surface area contributed by atoms with E-state index in [1.807, 2.05) is 36.4 Å². The van der Waals surface area contributed by atoms with Crippen LogP contribution < -0.4 is 10.9 Å². The number of aromatic nitrogens is 2. The molecule has 0 aliphatic carbocycles. The molecule has 1 heterocycles. The first-order chi connectivity index (χ1) is 11.5. The monoisotopic (exact) mass is 385 g/mol. The molecular formula is C18H16BrN3O2. The predicted molar refractivity (Wildman–Crippen MR) is 97.8 cm³/mol. The van der Waals surface area contributed by atoms with Crippen LogP contribution in [0.4, 0.5) is 5.69 Å². The number of hydrogen-bond acceptors (Lipinski definition) is 2. The zero-order valence-electron chi connectivity index (χ0n) is 13.3. The van der Waals surface area contributed by atoms with Gasteiger partial charge in [0, 0.05) is 17.1 Å². The Kier molecular flexibility index (Phi) is 4.40. The molecule has 0 bridgehead atoms. The van der Waals surface area contributed by atoms with Gasteiger partial charge < -0.3 is 5.32 Å². The van der Waals surface area contributed by atoms with Crippen molar-refractivity contribution in [1.82, 2.24) is 9.36 Å². The molecule has 3 rings (SSSR count). The van der Waals surface area contributed by atoms with Crippen LogP contribution in [-0.2, 0) is 7.05 Å². The third-order valence-corrected chi connectivity index (χ3v) is 4.37. The number of halogens is 1. The Hall–Kier alpha value is -2.60. The average Bonchev–Trinajstić information content (AvgIpc) is 2.79. The van der Waals surface area contributed by atoms with Crippen molar-refractivity contribution in [3.05, 3.63) is 80.7 Å². The normalized spacial score (nSPS) is 10.6. The fourth-order valence-corrected chi connectivity index (χ4v) is 2.93. The minimum atomic E-state index is -0.317. The Morgan fingerprint density at radius 3 is 2.46 bits per heavy atom. The van der Waals surface area contributed by atoms with E-state index in [-0.39, 0.29) is 17.2 Å². The van der Waals surface area contributed by atoms with Crippen LogP contribution in [0.25, 0.3) is 5.69 Å². The number of benzene rings is 2. The maximum Gasteiger partial charge on any atom is 0.295 e. The maximum absolute atomic E-state index is 12.8. The van der Waals surface area contributed by atoms with Gasteiger partial charge in [-0.25, -0.2) is 4.68 Å². The largest absolute Gasteiger partial charge is 0.316 e. The van der Waals surface area contributed by atoms with Gasteiger partial charge in [0.15, 0.2) is 0 Å². The molecule has 3 aromatic rings. The first kappa shape index (κ1) is 16.3. The molecule has 0 aliphatic heterocycles.